The maximum Gasteiger partial charge on any atom is 0.410 e. The molecule has 35 heavy (non-hydrogen) atoms. The summed E-state index contributed by atoms with van der Waals surface area (Å²) in [6.07, 6.45) is 2.50. The van der Waals surface area contributed by atoms with E-state index in [0.717, 1.165) is 44.5 Å². The lowest BCUT2D eigenvalue weighted by molar-refractivity contribution is -0.143. The molecule has 8 heteroatoms. The summed E-state index contributed by atoms with van der Waals surface area (Å²) in [6.45, 7) is 3.91. The molecule has 4 heterocycles. The van der Waals surface area contributed by atoms with Gasteiger partial charge in [-0.25, -0.2) is 4.79 Å². The zero-order chi connectivity index (χ0) is 24.8. The summed E-state index contributed by atoms with van der Waals surface area (Å²) >= 11 is 0. The van der Waals surface area contributed by atoms with Crippen LogP contribution in [0.2, 0.25) is 0 Å². The number of nitrogens with zero attached hydrogens (tertiary/aromatic N) is 2. The fourth-order valence-corrected chi connectivity index (χ4v) is 5.21. The number of carbonyl (C=O) groups excluding carboxylic acids is 1. The fraction of sp³-hybridized carbons (Fsp3) is 0.444. The number of carboxylic acid groups (broad SMARTS) is 2. The summed E-state index contributed by atoms with van der Waals surface area (Å²) in [4.78, 5) is 36.9. The molecule has 6 rings (SSSR count). The Hall–Kier alpha value is -3.39. The molecule has 1 amide bonds. The number of rotatable bonds is 5. The van der Waals surface area contributed by atoms with Crippen LogP contribution in [0.5, 0.6) is 0 Å². The van der Waals surface area contributed by atoms with Crippen LogP contribution >= 0.6 is 0 Å². The molecule has 2 bridgehead atoms. The highest BCUT2D eigenvalue weighted by atomic mass is 16.6. The molecule has 0 aromatic heterocycles. The zero-order valence-corrected chi connectivity index (χ0v) is 19.7. The van der Waals surface area contributed by atoms with Crippen LogP contribution in [-0.4, -0.2) is 70.3 Å². The lowest BCUT2D eigenvalue weighted by atomic mass is 9.86. The van der Waals surface area contributed by atoms with Crippen LogP contribution in [0.15, 0.2) is 54.6 Å². The highest BCUT2D eigenvalue weighted by Crippen LogP contribution is 2.36. The number of piperidine rings is 3. The van der Waals surface area contributed by atoms with Gasteiger partial charge in [0.05, 0.1) is 18.9 Å². The Morgan fingerprint density at radius 1 is 0.857 bits per heavy atom. The first kappa shape index (κ1) is 24.7. The first-order valence-corrected chi connectivity index (χ1v) is 12.2. The van der Waals surface area contributed by atoms with Crippen molar-refractivity contribution in [3.63, 3.8) is 0 Å². The zero-order valence-electron chi connectivity index (χ0n) is 19.7. The number of hydrogen-bond donors (Lipinski definition) is 2. The molecule has 0 aliphatic carbocycles. The van der Waals surface area contributed by atoms with Gasteiger partial charge in [-0.1, -0.05) is 54.6 Å². The summed E-state index contributed by atoms with van der Waals surface area (Å²) in [5.74, 6) is -1.62. The number of aliphatic carboxylic acids is 2. The second-order valence-corrected chi connectivity index (χ2v) is 9.30. The average molecular weight is 481 g/mol. The minimum Gasteiger partial charge on any atom is -0.481 e. The third kappa shape index (κ3) is 6.19. The summed E-state index contributed by atoms with van der Waals surface area (Å²) in [6, 6.07) is 18.8. The van der Waals surface area contributed by atoms with Crippen LogP contribution in [0.25, 0.3) is 0 Å². The van der Waals surface area contributed by atoms with Gasteiger partial charge in [0.1, 0.15) is 6.10 Å². The third-order valence-corrected chi connectivity index (χ3v) is 7.03. The minimum absolute atomic E-state index is 0.0496. The van der Waals surface area contributed by atoms with Gasteiger partial charge in [0.25, 0.3) is 0 Å². The van der Waals surface area contributed by atoms with Gasteiger partial charge in [-0.3, -0.25) is 19.4 Å². The summed E-state index contributed by atoms with van der Waals surface area (Å²) in [5, 5.41) is 15.8. The topological polar surface area (TPSA) is 107 Å². The van der Waals surface area contributed by atoms with E-state index in [-0.39, 0.29) is 31.1 Å². The number of fused-ring (bicyclic) bond motifs is 4. The first-order valence-electron chi connectivity index (χ1n) is 12.2. The Labute approximate surface area is 205 Å². The molecule has 4 aliphatic heterocycles. The Morgan fingerprint density at radius 3 is 2.09 bits per heavy atom. The molecule has 0 saturated carbocycles. The summed E-state index contributed by atoms with van der Waals surface area (Å²) in [5.41, 5.74) is 3.70. The van der Waals surface area contributed by atoms with Crippen molar-refractivity contribution in [2.24, 2.45) is 5.92 Å². The monoisotopic (exact) mass is 480 g/mol. The van der Waals surface area contributed by atoms with Gasteiger partial charge in [0, 0.05) is 13.1 Å². The van der Waals surface area contributed by atoms with Crippen LogP contribution in [-0.2, 0) is 20.7 Å². The smallest absolute Gasteiger partial charge is 0.410 e. The molecule has 3 fully saturated rings. The van der Waals surface area contributed by atoms with Gasteiger partial charge in [-0.15, -0.1) is 0 Å². The van der Waals surface area contributed by atoms with Crippen molar-refractivity contribution in [3.05, 3.63) is 71.3 Å². The van der Waals surface area contributed by atoms with Crippen molar-refractivity contribution in [1.29, 1.82) is 0 Å². The maximum absolute atomic E-state index is 13.2. The number of carbonyl (C=O) groups is 3. The van der Waals surface area contributed by atoms with Crippen LogP contribution < -0.4 is 0 Å². The standard InChI is InChI=1S/C23H26N2O2.C4H6O4/c26-23(27-21-16-24-13-10-18(21)11-14-24)25-15-12-17-6-4-5-9-20(17)22(25)19-7-2-1-3-8-19;5-3(6)1-2-4(7)8/h1-9,18,21-22H,10-16H2;1-2H2,(H,5,6)(H,7,8)/t21-,22?;/m1./s1. The molecule has 1 unspecified atom stereocenters. The highest BCUT2D eigenvalue weighted by Gasteiger charge is 2.39. The SMILES string of the molecule is O=C(O)CCC(=O)O.O=C(O[C@@H]1CN2CCC1CC2)N1CCc2ccccc2C1c1ccccc1. The van der Waals surface area contributed by atoms with Crippen molar-refractivity contribution in [1.82, 2.24) is 9.80 Å². The van der Waals surface area contributed by atoms with E-state index in [1.807, 2.05) is 23.1 Å². The molecular weight excluding hydrogens is 448 g/mol. The van der Waals surface area contributed by atoms with Gasteiger partial charge in [0.2, 0.25) is 0 Å². The van der Waals surface area contributed by atoms with Gasteiger partial charge in [-0.05, 0) is 55.0 Å². The van der Waals surface area contributed by atoms with Crippen LogP contribution in [0.1, 0.15) is 48.4 Å². The van der Waals surface area contributed by atoms with E-state index in [9.17, 15) is 14.4 Å². The van der Waals surface area contributed by atoms with E-state index in [1.54, 1.807) is 0 Å². The second kappa shape index (κ2) is 11.4. The second-order valence-electron chi connectivity index (χ2n) is 9.30. The Balaban J connectivity index is 0.000000314. The molecule has 0 spiro atoms. The Bertz CT molecular complexity index is 1020. The largest absolute Gasteiger partial charge is 0.481 e. The van der Waals surface area contributed by atoms with E-state index in [4.69, 9.17) is 14.9 Å². The summed E-state index contributed by atoms with van der Waals surface area (Å²) in [7, 11) is 0. The molecule has 2 aromatic carbocycles. The van der Waals surface area contributed by atoms with Gasteiger partial charge < -0.3 is 14.9 Å². The number of ether oxygens (including phenoxy) is 1. The van der Waals surface area contributed by atoms with Crippen LogP contribution in [0.4, 0.5) is 4.79 Å². The molecule has 186 valence electrons. The molecule has 2 aromatic rings. The molecular formula is C27H32N2O6. The van der Waals surface area contributed by atoms with Crippen molar-refractivity contribution < 1.29 is 29.3 Å². The van der Waals surface area contributed by atoms with E-state index in [0.29, 0.717) is 12.5 Å². The third-order valence-electron chi connectivity index (χ3n) is 7.03. The fourth-order valence-electron chi connectivity index (χ4n) is 5.21. The number of carboxylic acids is 2. The lowest BCUT2D eigenvalue weighted by Gasteiger charge is -2.45. The van der Waals surface area contributed by atoms with E-state index < -0.39 is 11.9 Å². The molecule has 0 radical (unpaired) electrons. The number of hydrogen-bond acceptors (Lipinski definition) is 5. The van der Waals surface area contributed by atoms with Crippen molar-refractivity contribution >= 4 is 18.0 Å². The minimum atomic E-state index is -1.08. The predicted molar refractivity (Wildman–Crippen MR) is 129 cm³/mol. The van der Waals surface area contributed by atoms with Gasteiger partial charge >= 0.3 is 18.0 Å². The average Bonchev–Trinajstić information content (AvgIpc) is 2.88. The molecule has 4 aliphatic rings. The molecule has 8 nitrogen and oxygen atoms in total. The van der Waals surface area contributed by atoms with Crippen molar-refractivity contribution in [3.8, 4) is 0 Å². The molecule has 2 atom stereocenters. The Kier molecular flexibility index (Phi) is 8.02. The number of benzene rings is 2. The van der Waals surface area contributed by atoms with E-state index >= 15 is 0 Å². The maximum atomic E-state index is 13.2. The van der Waals surface area contributed by atoms with Crippen molar-refractivity contribution in [2.45, 2.75) is 44.2 Å². The van der Waals surface area contributed by atoms with Gasteiger partial charge in [0.15, 0.2) is 0 Å². The predicted octanol–water partition coefficient (Wildman–Crippen LogP) is 3.80. The molecule has 2 N–H and O–H groups in total. The van der Waals surface area contributed by atoms with Crippen LogP contribution in [0, 0.1) is 5.92 Å². The quantitative estimate of drug-likeness (QED) is 0.670. The van der Waals surface area contributed by atoms with E-state index in [2.05, 4.69) is 41.3 Å². The van der Waals surface area contributed by atoms with E-state index in [1.165, 1.54) is 11.1 Å². The normalized spacial score (nSPS) is 24.5. The van der Waals surface area contributed by atoms with Crippen molar-refractivity contribution in [2.75, 3.05) is 26.2 Å². The number of amides is 1. The first-order chi connectivity index (χ1) is 16.9. The summed E-state index contributed by atoms with van der Waals surface area (Å²) < 4.78 is 6.08. The van der Waals surface area contributed by atoms with Gasteiger partial charge in [-0.2, -0.15) is 0 Å². The highest BCUT2D eigenvalue weighted by molar-refractivity contribution is 5.75. The molecule has 3 saturated heterocycles. The van der Waals surface area contributed by atoms with Crippen LogP contribution in [0.3, 0.4) is 0 Å². The lowest BCUT2D eigenvalue weighted by Crippen LogP contribution is -2.53. The Morgan fingerprint density at radius 2 is 1.49 bits per heavy atom.